The number of hydrogen-bond acceptors (Lipinski definition) is 9. The first-order chi connectivity index (χ1) is 16.6. The summed E-state index contributed by atoms with van der Waals surface area (Å²) in [6.07, 6.45) is 5.59. The van der Waals surface area contributed by atoms with E-state index in [-0.39, 0.29) is 40.6 Å². The molecule has 3 heterocycles. The number of rotatable bonds is 7. The Hall–Kier alpha value is -4.09. The van der Waals surface area contributed by atoms with Crippen LogP contribution in [0.5, 0.6) is 5.75 Å². The van der Waals surface area contributed by atoms with Crippen molar-refractivity contribution in [3.63, 3.8) is 0 Å². The fourth-order valence-corrected chi connectivity index (χ4v) is 3.18. The van der Waals surface area contributed by atoms with Gasteiger partial charge in [0.05, 0.1) is 18.4 Å². The molecule has 4 rings (SSSR count). The maximum absolute atomic E-state index is 12.6. The van der Waals surface area contributed by atoms with E-state index in [1.165, 1.54) is 30.4 Å². The molecule has 3 aromatic rings. The van der Waals surface area contributed by atoms with Gasteiger partial charge in [0, 0.05) is 36.3 Å². The average molecular weight is 440 g/mol. The first kappa shape index (κ1) is 17.6. The first-order valence-electron chi connectivity index (χ1n) is 11.3. The van der Waals surface area contributed by atoms with Gasteiger partial charge >= 0.3 is 0 Å². The summed E-state index contributed by atoms with van der Waals surface area (Å²) in [7, 11) is 3.16. The van der Waals surface area contributed by atoms with Crippen LogP contribution in [0.2, 0.25) is 0 Å². The number of amides is 2. The third kappa shape index (κ3) is 4.19. The first-order valence-corrected chi connectivity index (χ1v) is 9.81. The van der Waals surface area contributed by atoms with E-state index in [4.69, 9.17) is 8.85 Å². The van der Waals surface area contributed by atoms with E-state index in [1.54, 1.807) is 13.1 Å². The van der Waals surface area contributed by atoms with Crippen molar-refractivity contribution in [3.05, 3.63) is 30.4 Å². The van der Waals surface area contributed by atoms with Crippen molar-refractivity contribution in [3.8, 4) is 17.1 Å². The van der Waals surface area contributed by atoms with Gasteiger partial charge < -0.3 is 20.7 Å². The Morgan fingerprint density at radius 1 is 1.28 bits per heavy atom. The van der Waals surface area contributed by atoms with Crippen LogP contribution in [0.25, 0.3) is 11.4 Å². The van der Waals surface area contributed by atoms with Gasteiger partial charge in [-0.25, -0.2) is 9.97 Å². The molecule has 0 aliphatic heterocycles. The summed E-state index contributed by atoms with van der Waals surface area (Å²) in [5, 5.41) is 19.5. The van der Waals surface area contributed by atoms with E-state index in [2.05, 4.69) is 35.9 Å². The highest BCUT2D eigenvalue weighted by Gasteiger charge is 2.26. The Labute approximate surface area is 188 Å². The van der Waals surface area contributed by atoms with Crippen molar-refractivity contribution in [1.29, 1.82) is 0 Å². The zero-order chi connectivity index (χ0) is 25.2. The van der Waals surface area contributed by atoms with E-state index >= 15 is 0 Å². The van der Waals surface area contributed by atoms with Crippen LogP contribution in [0, 0.1) is 5.92 Å². The summed E-state index contributed by atoms with van der Waals surface area (Å²) < 4.78 is 29.1. The lowest BCUT2D eigenvalue weighted by molar-refractivity contribution is -0.122. The molecule has 12 heteroatoms. The third-order valence-corrected chi connectivity index (χ3v) is 5.05. The van der Waals surface area contributed by atoms with E-state index in [0.29, 0.717) is 11.4 Å². The van der Waals surface area contributed by atoms with Crippen LogP contribution in [0.3, 0.4) is 0 Å². The summed E-state index contributed by atoms with van der Waals surface area (Å²) >= 11 is 0. The number of hydrogen-bond donors (Lipinski definition) is 3. The maximum Gasteiger partial charge on any atom is 0.273 e. The zero-order valence-electron chi connectivity index (χ0n) is 20.4. The maximum atomic E-state index is 12.6. The number of anilines is 3. The van der Waals surface area contributed by atoms with Crippen molar-refractivity contribution in [1.82, 2.24) is 35.3 Å². The van der Waals surface area contributed by atoms with Gasteiger partial charge in [-0.05, 0) is 18.9 Å². The minimum Gasteiger partial charge on any atom is -0.492 e. The van der Waals surface area contributed by atoms with Gasteiger partial charge in [-0.2, -0.15) is 5.10 Å². The molecule has 12 nitrogen and oxygen atoms in total. The highest BCUT2D eigenvalue weighted by atomic mass is 16.5. The molecule has 0 radical (unpaired) electrons. The van der Waals surface area contributed by atoms with Crippen molar-refractivity contribution in [2.75, 3.05) is 24.7 Å². The molecule has 3 N–H and O–H groups in total. The zero-order valence-corrected chi connectivity index (χ0v) is 17.4. The molecule has 1 saturated carbocycles. The fourth-order valence-electron chi connectivity index (χ4n) is 3.18. The Morgan fingerprint density at radius 3 is 2.78 bits per heavy atom. The van der Waals surface area contributed by atoms with Crippen LogP contribution in [0.1, 0.15) is 33.9 Å². The summed E-state index contributed by atoms with van der Waals surface area (Å²) in [4.78, 5) is 33.5. The second-order valence-corrected chi connectivity index (χ2v) is 7.17. The number of ether oxygens (including phenoxy) is 1. The van der Waals surface area contributed by atoms with E-state index in [0.717, 1.165) is 19.3 Å². The Kier molecular flexibility index (Phi) is 4.92. The van der Waals surface area contributed by atoms with E-state index in [9.17, 15) is 9.59 Å². The van der Waals surface area contributed by atoms with Crippen molar-refractivity contribution in [2.45, 2.75) is 19.3 Å². The van der Waals surface area contributed by atoms with E-state index < -0.39 is 12.9 Å². The average Bonchev–Trinajstić information content (AvgIpc) is 3.17. The predicted molar refractivity (Wildman–Crippen MR) is 115 cm³/mol. The highest BCUT2D eigenvalue weighted by molar-refractivity contribution is 5.99. The molecule has 2 amide bonds. The topological polar surface area (TPSA) is 149 Å². The van der Waals surface area contributed by atoms with Crippen LogP contribution in [0.4, 0.5) is 17.3 Å². The normalized spacial score (nSPS) is 15.0. The lowest BCUT2D eigenvalue weighted by atomic mass is 9.85. The molecule has 166 valence electrons. The van der Waals surface area contributed by atoms with Gasteiger partial charge in [-0.1, -0.05) is 6.42 Å². The molecule has 3 aromatic heterocycles. The molecule has 0 spiro atoms. The monoisotopic (exact) mass is 440 g/mol. The number of aryl methyl sites for hydroxylation is 1. The number of carbonyl (C=O) groups is 2. The summed E-state index contributed by atoms with van der Waals surface area (Å²) in [6.45, 7) is -2.74. The number of nitrogens with one attached hydrogen (secondary N) is 3. The molecule has 1 aliphatic rings. The predicted octanol–water partition coefficient (Wildman–Crippen LogP) is 1.52. The number of aromatic nitrogens is 6. The van der Waals surface area contributed by atoms with Gasteiger partial charge in [-0.15, -0.1) is 10.2 Å². The molecule has 0 saturated heterocycles. The minimum absolute atomic E-state index is 0.0580. The number of methoxy groups -OCH3 is 1. The number of carbonyl (C=O) groups excluding carboxylic acids is 2. The Morgan fingerprint density at radius 2 is 2.12 bits per heavy atom. The Bertz CT molecular complexity index is 1260. The lowest BCUT2D eigenvalue weighted by Crippen LogP contribution is -2.29. The fraction of sp³-hybridized carbons (Fsp3) is 0.350. The molecule has 0 aromatic carbocycles. The quantitative estimate of drug-likeness (QED) is 0.497. The van der Waals surface area contributed by atoms with Gasteiger partial charge in [0.2, 0.25) is 5.91 Å². The molecule has 32 heavy (non-hydrogen) atoms. The van der Waals surface area contributed by atoms with Crippen molar-refractivity contribution in [2.24, 2.45) is 13.0 Å². The van der Waals surface area contributed by atoms with Crippen LogP contribution < -0.4 is 20.7 Å². The molecule has 1 fully saturated rings. The summed E-state index contributed by atoms with van der Waals surface area (Å²) in [5.74, 6) is -0.347. The summed E-state index contributed by atoms with van der Waals surface area (Å²) in [6, 6.07) is 3.04. The minimum atomic E-state index is -2.74. The molecule has 0 atom stereocenters. The SMILES string of the molecule is [2H]C([2H])([2H])NC(=O)c1nnc(NC(=O)C2CCC2)cc1Nc1nccc(-c2ncn(C)n2)c1OC. The van der Waals surface area contributed by atoms with E-state index in [1.807, 2.05) is 5.32 Å². The second-order valence-electron chi connectivity index (χ2n) is 7.17. The molecule has 1 aliphatic carbocycles. The standard InChI is InChI=1S/C20H23N9O3/c1-21-20(31)15-13(9-14(26-27-15)25-19(30)11-5-4-6-11)24-18-16(32-3)12(7-8-22-18)17-23-10-29(2)28-17/h7-11H,4-6H2,1-3H3,(H,21,31)(H2,22,24,25,26,30)/i1D3. The smallest absolute Gasteiger partial charge is 0.273 e. The molecular weight excluding hydrogens is 414 g/mol. The third-order valence-electron chi connectivity index (χ3n) is 5.05. The van der Waals surface area contributed by atoms with Crippen LogP contribution in [0.15, 0.2) is 24.7 Å². The highest BCUT2D eigenvalue weighted by Crippen LogP contribution is 2.35. The van der Waals surface area contributed by atoms with Crippen LogP contribution in [-0.2, 0) is 11.8 Å². The van der Waals surface area contributed by atoms with Crippen molar-refractivity contribution >= 4 is 29.1 Å². The Balaban J connectivity index is 1.71. The van der Waals surface area contributed by atoms with Gasteiger partial charge in [-0.3, -0.25) is 14.3 Å². The second kappa shape index (κ2) is 8.96. The van der Waals surface area contributed by atoms with Crippen molar-refractivity contribution < 1.29 is 18.4 Å². The lowest BCUT2D eigenvalue weighted by Gasteiger charge is -2.23. The van der Waals surface area contributed by atoms with Gasteiger partial charge in [0.25, 0.3) is 5.91 Å². The van der Waals surface area contributed by atoms with Gasteiger partial charge in [0.1, 0.15) is 6.33 Å². The van der Waals surface area contributed by atoms with Crippen LogP contribution >= 0.6 is 0 Å². The number of nitrogens with zero attached hydrogens (tertiary/aromatic N) is 6. The number of pyridine rings is 1. The molecule has 0 bridgehead atoms. The van der Waals surface area contributed by atoms with Gasteiger partial charge in [0.15, 0.2) is 28.9 Å². The molecule has 0 unspecified atom stereocenters. The largest absolute Gasteiger partial charge is 0.492 e. The molecular formula is C20H23N9O3. The summed E-state index contributed by atoms with van der Waals surface area (Å²) in [5.41, 5.74) is 0.273. The van der Waals surface area contributed by atoms with Crippen LogP contribution in [-0.4, -0.2) is 55.8 Å².